The first-order chi connectivity index (χ1) is 9.71. The molecule has 1 aliphatic heterocycles. The molecule has 1 unspecified atom stereocenters. The summed E-state index contributed by atoms with van der Waals surface area (Å²) >= 11 is 0. The average Bonchev–Trinajstić information content (AvgIpc) is 2.82. The molecule has 1 aromatic carbocycles. The maximum atomic E-state index is 13.5. The Morgan fingerprint density at radius 1 is 1.48 bits per heavy atom. The fourth-order valence-electron chi connectivity index (χ4n) is 3.09. The molecule has 0 spiro atoms. The molecule has 1 fully saturated rings. The first-order valence-electron chi connectivity index (χ1n) is 7.27. The van der Waals surface area contributed by atoms with E-state index in [9.17, 15) is 14.3 Å². The second kappa shape index (κ2) is 5.73. The Kier molecular flexibility index (Phi) is 4.35. The predicted molar refractivity (Wildman–Crippen MR) is 79.0 cm³/mol. The SMILES string of the molecule is C[C@@H](N)C(=O)N1C(C(C)(C)O)CC[C@H]1c1cccc(F)c1. The molecule has 21 heavy (non-hydrogen) atoms. The summed E-state index contributed by atoms with van der Waals surface area (Å²) in [7, 11) is 0. The van der Waals surface area contributed by atoms with Crippen LogP contribution in [0.2, 0.25) is 0 Å². The van der Waals surface area contributed by atoms with E-state index < -0.39 is 11.6 Å². The van der Waals surface area contributed by atoms with Gasteiger partial charge in [0.2, 0.25) is 5.91 Å². The molecule has 0 saturated carbocycles. The van der Waals surface area contributed by atoms with Crippen molar-refractivity contribution in [2.45, 2.75) is 57.3 Å². The summed E-state index contributed by atoms with van der Waals surface area (Å²) in [6, 6.07) is 5.06. The molecule has 3 atom stereocenters. The zero-order valence-electron chi connectivity index (χ0n) is 12.7. The van der Waals surface area contributed by atoms with Crippen LogP contribution in [0.4, 0.5) is 4.39 Å². The van der Waals surface area contributed by atoms with Crippen LogP contribution in [0.1, 0.15) is 45.2 Å². The smallest absolute Gasteiger partial charge is 0.240 e. The quantitative estimate of drug-likeness (QED) is 0.895. The zero-order valence-corrected chi connectivity index (χ0v) is 12.7. The van der Waals surface area contributed by atoms with E-state index in [1.165, 1.54) is 12.1 Å². The van der Waals surface area contributed by atoms with Crippen LogP contribution in [0.5, 0.6) is 0 Å². The van der Waals surface area contributed by atoms with E-state index in [1.807, 2.05) is 6.07 Å². The van der Waals surface area contributed by atoms with Crippen molar-refractivity contribution in [2.24, 2.45) is 5.73 Å². The number of hydrogen-bond donors (Lipinski definition) is 2. The molecule has 0 bridgehead atoms. The molecule has 116 valence electrons. The third kappa shape index (κ3) is 3.24. The summed E-state index contributed by atoms with van der Waals surface area (Å²) < 4.78 is 13.5. The Morgan fingerprint density at radius 3 is 2.67 bits per heavy atom. The van der Waals surface area contributed by atoms with Gasteiger partial charge in [0.05, 0.1) is 23.7 Å². The second-order valence-electron chi connectivity index (χ2n) is 6.35. The minimum absolute atomic E-state index is 0.214. The van der Waals surface area contributed by atoms with Gasteiger partial charge in [0, 0.05) is 0 Å². The third-order valence-corrected chi connectivity index (χ3v) is 4.08. The third-order valence-electron chi connectivity index (χ3n) is 4.08. The van der Waals surface area contributed by atoms with Crippen molar-refractivity contribution in [3.05, 3.63) is 35.6 Å². The highest BCUT2D eigenvalue weighted by atomic mass is 19.1. The van der Waals surface area contributed by atoms with E-state index in [2.05, 4.69) is 0 Å². The van der Waals surface area contributed by atoms with E-state index in [-0.39, 0.29) is 23.8 Å². The van der Waals surface area contributed by atoms with Crippen LogP contribution in [0.15, 0.2) is 24.3 Å². The molecular weight excluding hydrogens is 271 g/mol. The Morgan fingerprint density at radius 2 is 2.14 bits per heavy atom. The molecule has 1 aliphatic rings. The van der Waals surface area contributed by atoms with Crippen molar-refractivity contribution in [3.8, 4) is 0 Å². The van der Waals surface area contributed by atoms with Gasteiger partial charge < -0.3 is 15.7 Å². The standard InChI is InChI=1S/C16H23FN2O2/c1-10(18)15(20)19-13(7-8-14(19)16(2,3)21)11-5-4-6-12(17)9-11/h4-6,9-10,13-14,21H,7-8,18H2,1-3H3/t10-,13+,14?/m1/s1. The fraction of sp³-hybridized carbons (Fsp3) is 0.562. The molecule has 2 rings (SSSR count). The topological polar surface area (TPSA) is 66.6 Å². The number of rotatable bonds is 3. The number of nitrogens with zero attached hydrogens (tertiary/aromatic N) is 1. The lowest BCUT2D eigenvalue weighted by molar-refractivity contribution is -0.140. The molecular formula is C16H23FN2O2. The van der Waals surface area contributed by atoms with Crippen molar-refractivity contribution in [2.75, 3.05) is 0 Å². The Bertz CT molecular complexity index is 525. The zero-order chi connectivity index (χ0) is 15.8. The Labute approximate surface area is 124 Å². The van der Waals surface area contributed by atoms with Gasteiger partial charge >= 0.3 is 0 Å². The molecule has 5 heteroatoms. The normalized spacial score (nSPS) is 24.2. The summed E-state index contributed by atoms with van der Waals surface area (Å²) in [5, 5.41) is 10.3. The number of nitrogens with two attached hydrogens (primary N) is 1. The maximum Gasteiger partial charge on any atom is 0.240 e. The highest BCUT2D eigenvalue weighted by molar-refractivity contribution is 5.82. The van der Waals surface area contributed by atoms with Crippen molar-refractivity contribution in [1.82, 2.24) is 4.90 Å². The number of likely N-dealkylation sites (tertiary alicyclic amines) is 1. The largest absolute Gasteiger partial charge is 0.388 e. The first-order valence-corrected chi connectivity index (χ1v) is 7.27. The van der Waals surface area contributed by atoms with E-state index in [1.54, 1.807) is 31.7 Å². The number of benzene rings is 1. The van der Waals surface area contributed by atoms with Gasteiger partial charge in [-0.15, -0.1) is 0 Å². The van der Waals surface area contributed by atoms with Crippen molar-refractivity contribution in [1.29, 1.82) is 0 Å². The van der Waals surface area contributed by atoms with Crippen LogP contribution in [0.25, 0.3) is 0 Å². The fourth-order valence-corrected chi connectivity index (χ4v) is 3.09. The molecule has 0 aromatic heterocycles. The number of carbonyl (C=O) groups is 1. The molecule has 3 N–H and O–H groups in total. The summed E-state index contributed by atoms with van der Waals surface area (Å²) in [5.41, 5.74) is 5.47. The van der Waals surface area contributed by atoms with Crippen LogP contribution in [0, 0.1) is 5.82 Å². The molecule has 1 saturated heterocycles. The van der Waals surface area contributed by atoms with Crippen molar-refractivity contribution >= 4 is 5.91 Å². The average molecular weight is 294 g/mol. The highest BCUT2D eigenvalue weighted by Gasteiger charge is 2.45. The molecule has 0 aliphatic carbocycles. The minimum atomic E-state index is -1.02. The summed E-state index contributed by atoms with van der Waals surface area (Å²) in [6.45, 7) is 5.00. The summed E-state index contributed by atoms with van der Waals surface area (Å²) in [6.07, 6.45) is 1.36. The van der Waals surface area contributed by atoms with Gasteiger partial charge in [-0.05, 0) is 51.3 Å². The molecule has 1 amide bonds. The van der Waals surface area contributed by atoms with E-state index in [0.29, 0.717) is 12.8 Å². The van der Waals surface area contributed by atoms with Gasteiger partial charge in [-0.25, -0.2) is 4.39 Å². The second-order valence-corrected chi connectivity index (χ2v) is 6.35. The molecule has 1 aromatic rings. The van der Waals surface area contributed by atoms with Crippen LogP contribution in [0.3, 0.4) is 0 Å². The van der Waals surface area contributed by atoms with Gasteiger partial charge in [-0.3, -0.25) is 4.79 Å². The number of amides is 1. The Hall–Kier alpha value is -1.46. The molecule has 1 heterocycles. The first kappa shape index (κ1) is 15.9. The maximum absolute atomic E-state index is 13.5. The van der Waals surface area contributed by atoms with Gasteiger partial charge in [0.25, 0.3) is 0 Å². The van der Waals surface area contributed by atoms with Crippen molar-refractivity contribution in [3.63, 3.8) is 0 Å². The summed E-state index contributed by atoms with van der Waals surface area (Å²) in [4.78, 5) is 14.1. The van der Waals surface area contributed by atoms with E-state index in [0.717, 1.165) is 5.56 Å². The highest BCUT2D eigenvalue weighted by Crippen LogP contribution is 2.40. The van der Waals surface area contributed by atoms with Gasteiger partial charge in [0.1, 0.15) is 5.82 Å². The van der Waals surface area contributed by atoms with Gasteiger partial charge in [-0.2, -0.15) is 0 Å². The van der Waals surface area contributed by atoms with Crippen LogP contribution in [-0.2, 0) is 4.79 Å². The Balaban J connectivity index is 2.39. The van der Waals surface area contributed by atoms with E-state index in [4.69, 9.17) is 5.73 Å². The summed E-state index contributed by atoms with van der Waals surface area (Å²) in [5.74, 6) is -0.540. The number of aliphatic hydroxyl groups is 1. The minimum Gasteiger partial charge on any atom is -0.388 e. The van der Waals surface area contributed by atoms with Crippen LogP contribution >= 0.6 is 0 Å². The lowest BCUT2D eigenvalue weighted by Crippen LogP contribution is -2.52. The number of halogens is 1. The lowest BCUT2D eigenvalue weighted by Gasteiger charge is -2.38. The molecule has 0 radical (unpaired) electrons. The van der Waals surface area contributed by atoms with Crippen LogP contribution in [-0.4, -0.2) is 33.6 Å². The van der Waals surface area contributed by atoms with E-state index >= 15 is 0 Å². The van der Waals surface area contributed by atoms with Crippen molar-refractivity contribution < 1.29 is 14.3 Å². The number of carbonyl (C=O) groups excluding carboxylic acids is 1. The van der Waals surface area contributed by atoms with Gasteiger partial charge in [-0.1, -0.05) is 12.1 Å². The predicted octanol–water partition coefficient (Wildman–Crippen LogP) is 1.98. The monoisotopic (exact) mass is 294 g/mol. The van der Waals surface area contributed by atoms with Crippen LogP contribution < -0.4 is 5.73 Å². The number of hydrogen-bond acceptors (Lipinski definition) is 3. The molecule has 4 nitrogen and oxygen atoms in total. The van der Waals surface area contributed by atoms with Gasteiger partial charge in [0.15, 0.2) is 0 Å². The lowest BCUT2D eigenvalue weighted by atomic mass is 9.96.